The van der Waals surface area contributed by atoms with Gasteiger partial charge in [0.1, 0.15) is 5.69 Å². The van der Waals surface area contributed by atoms with Crippen LogP contribution in [0.5, 0.6) is 0 Å². The molecule has 1 aliphatic carbocycles. The summed E-state index contributed by atoms with van der Waals surface area (Å²) < 4.78 is 1.83. The van der Waals surface area contributed by atoms with Gasteiger partial charge in [-0.15, -0.1) is 0 Å². The van der Waals surface area contributed by atoms with Crippen molar-refractivity contribution in [1.29, 1.82) is 0 Å². The Bertz CT molecular complexity index is 780. The number of rotatable bonds is 3. The summed E-state index contributed by atoms with van der Waals surface area (Å²) in [6, 6.07) is 7.38. The molecule has 2 aliphatic rings. The molecule has 7 nitrogen and oxygen atoms in total. The number of pyridine rings is 1. The van der Waals surface area contributed by atoms with Crippen molar-refractivity contribution < 1.29 is 9.59 Å². The molecule has 1 N–H and O–H groups in total. The molecule has 0 aromatic carbocycles. The molecule has 0 atom stereocenters. The lowest BCUT2D eigenvalue weighted by Crippen LogP contribution is -2.38. The highest BCUT2D eigenvalue weighted by Gasteiger charge is 2.26. The second kappa shape index (κ2) is 6.66. The number of carbonyl (C=O) groups excluding carboxylic acids is 2. The first-order valence-electron chi connectivity index (χ1n) is 8.78. The molecule has 1 aliphatic heterocycles. The molecule has 2 aromatic heterocycles. The van der Waals surface area contributed by atoms with E-state index < -0.39 is 0 Å². The lowest BCUT2D eigenvalue weighted by atomic mass is 10.2. The van der Waals surface area contributed by atoms with Gasteiger partial charge in [-0.05, 0) is 31.0 Å². The summed E-state index contributed by atoms with van der Waals surface area (Å²) >= 11 is 0. The number of amides is 2. The second-order valence-corrected chi connectivity index (χ2v) is 6.64. The van der Waals surface area contributed by atoms with E-state index in [-0.39, 0.29) is 17.9 Å². The standard InChI is InChI=1S/C18H21N5O2/c24-17(20-13-5-1-2-6-13)16-11-14-12-22(9-10-23(14)21-16)18(25)15-7-3-4-8-19-15/h3-4,7-8,11,13H,1-2,5-6,9-10,12H2,(H,20,24). The normalized spacial score (nSPS) is 17.4. The fraction of sp³-hybridized carbons (Fsp3) is 0.444. The number of hydrogen-bond acceptors (Lipinski definition) is 4. The topological polar surface area (TPSA) is 80.1 Å². The molecule has 2 amide bonds. The van der Waals surface area contributed by atoms with E-state index in [1.54, 1.807) is 35.4 Å². The molecule has 7 heteroatoms. The van der Waals surface area contributed by atoms with Crippen LogP contribution in [0.25, 0.3) is 0 Å². The van der Waals surface area contributed by atoms with Crippen molar-refractivity contribution in [1.82, 2.24) is 25.0 Å². The fourth-order valence-electron chi connectivity index (χ4n) is 3.53. The van der Waals surface area contributed by atoms with E-state index in [0.29, 0.717) is 31.0 Å². The SMILES string of the molecule is O=C(NC1CCCC1)c1cc2n(n1)CCN(C(=O)c1ccccn1)C2. The van der Waals surface area contributed by atoms with Gasteiger partial charge in [0.2, 0.25) is 0 Å². The second-order valence-electron chi connectivity index (χ2n) is 6.64. The van der Waals surface area contributed by atoms with Gasteiger partial charge in [-0.25, -0.2) is 0 Å². The molecular formula is C18H21N5O2. The first-order valence-corrected chi connectivity index (χ1v) is 8.78. The Kier molecular flexibility index (Phi) is 4.21. The Morgan fingerprint density at radius 3 is 2.72 bits per heavy atom. The molecule has 0 bridgehead atoms. The van der Waals surface area contributed by atoms with Crippen molar-refractivity contribution in [2.24, 2.45) is 0 Å². The molecule has 0 spiro atoms. The average molecular weight is 339 g/mol. The van der Waals surface area contributed by atoms with Crippen molar-refractivity contribution in [3.8, 4) is 0 Å². The van der Waals surface area contributed by atoms with Gasteiger partial charge in [0, 0.05) is 18.8 Å². The predicted molar refractivity (Wildman–Crippen MR) is 90.9 cm³/mol. The number of nitrogens with one attached hydrogen (secondary N) is 1. The van der Waals surface area contributed by atoms with Gasteiger partial charge in [-0.3, -0.25) is 19.3 Å². The molecule has 1 saturated carbocycles. The zero-order chi connectivity index (χ0) is 17.2. The van der Waals surface area contributed by atoms with Gasteiger partial charge < -0.3 is 10.2 Å². The Hall–Kier alpha value is -2.70. The van der Waals surface area contributed by atoms with Gasteiger partial charge in [-0.2, -0.15) is 5.10 Å². The van der Waals surface area contributed by atoms with Gasteiger partial charge >= 0.3 is 0 Å². The molecule has 1 fully saturated rings. The number of aromatic nitrogens is 3. The van der Waals surface area contributed by atoms with E-state index in [4.69, 9.17) is 0 Å². The summed E-state index contributed by atoms with van der Waals surface area (Å²) in [6.07, 6.45) is 6.06. The molecular weight excluding hydrogens is 318 g/mol. The van der Waals surface area contributed by atoms with Crippen LogP contribution < -0.4 is 5.32 Å². The van der Waals surface area contributed by atoms with Crippen molar-refractivity contribution in [2.45, 2.75) is 44.8 Å². The first kappa shape index (κ1) is 15.8. The number of nitrogens with zero attached hydrogens (tertiary/aromatic N) is 4. The molecule has 25 heavy (non-hydrogen) atoms. The number of hydrogen-bond donors (Lipinski definition) is 1. The molecule has 2 aromatic rings. The van der Waals surface area contributed by atoms with E-state index in [0.717, 1.165) is 18.5 Å². The number of fused-ring (bicyclic) bond motifs is 1. The van der Waals surface area contributed by atoms with E-state index in [2.05, 4.69) is 15.4 Å². The van der Waals surface area contributed by atoms with Crippen LogP contribution in [-0.4, -0.2) is 44.1 Å². The van der Waals surface area contributed by atoms with Crippen LogP contribution >= 0.6 is 0 Å². The van der Waals surface area contributed by atoms with Crippen LogP contribution in [0.3, 0.4) is 0 Å². The van der Waals surface area contributed by atoms with E-state index in [1.807, 2.05) is 4.68 Å². The molecule has 0 saturated heterocycles. The maximum absolute atomic E-state index is 12.5. The summed E-state index contributed by atoms with van der Waals surface area (Å²) in [5.74, 6) is -0.207. The monoisotopic (exact) mass is 339 g/mol. The minimum Gasteiger partial charge on any atom is -0.348 e. The van der Waals surface area contributed by atoms with Crippen molar-refractivity contribution in [3.63, 3.8) is 0 Å². The summed E-state index contributed by atoms with van der Waals surface area (Å²) in [5.41, 5.74) is 1.76. The molecule has 4 rings (SSSR count). The first-order chi connectivity index (χ1) is 12.2. The van der Waals surface area contributed by atoms with Crippen LogP contribution in [0.2, 0.25) is 0 Å². The summed E-state index contributed by atoms with van der Waals surface area (Å²) in [6.45, 7) is 1.59. The third-order valence-corrected chi connectivity index (χ3v) is 4.89. The van der Waals surface area contributed by atoms with Crippen molar-refractivity contribution in [2.75, 3.05) is 6.54 Å². The van der Waals surface area contributed by atoms with Gasteiger partial charge in [0.15, 0.2) is 5.69 Å². The fourth-order valence-corrected chi connectivity index (χ4v) is 3.53. The summed E-state index contributed by atoms with van der Waals surface area (Å²) in [4.78, 5) is 30.8. The Balaban J connectivity index is 1.45. The molecule has 0 unspecified atom stereocenters. The highest BCUT2D eigenvalue weighted by Crippen LogP contribution is 2.19. The van der Waals surface area contributed by atoms with Crippen LogP contribution in [-0.2, 0) is 13.1 Å². The lowest BCUT2D eigenvalue weighted by Gasteiger charge is -2.27. The number of carbonyl (C=O) groups is 2. The van der Waals surface area contributed by atoms with Crippen LogP contribution in [0.15, 0.2) is 30.5 Å². The summed E-state index contributed by atoms with van der Waals surface area (Å²) in [5, 5.41) is 7.47. The third kappa shape index (κ3) is 3.26. The van der Waals surface area contributed by atoms with E-state index in [1.165, 1.54) is 12.8 Å². The van der Waals surface area contributed by atoms with Crippen LogP contribution in [0, 0.1) is 0 Å². The lowest BCUT2D eigenvalue weighted by molar-refractivity contribution is 0.0699. The van der Waals surface area contributed by atoms with E-state index >= 15 is 0 Å². The maximum Gasteiger partial charge on any atom is 0.272 e. The summed E-state index contributed by atoms with van der Waals surface area (Å²) in [7, 11) is 0. The zero-order valence-corrected chi connectivity index (χ0v) is 14.0. The smallest absolute Gasteiger partial charge is 0.272 e. The van der Waals surface area contributed by atoms with E-state index in [9.17, 15) is 9.59 Å². The minimum atomic E-state index is -0.114. The zero-order valence-electron chi connectivity index (χ0n) is 14.0. The average Bonchev–Trinajstić information content (AvgIpc) is 3.30. The third-order valence-electron chi connectivity index (χ3n) is 4.89. The predicted octanol–water partition coefficient (Wildman–Crippen LogP) is 1.61. The quantitative estimate of drug-likeness (QED) is 0.921. The maximum atomic E-state index is 12.5. The Morgan fingerprint density at radius 1 is 1.12 bits per heavy atom. The Labute approximate surface area is 146 Å². The van der Waals surface area contributed by atoms with Crippen molar-refractivity contribution >= 4 is 11.8 Å². The van der Waals surface area contributed by atoms with Crippen molar-refractivity contribution in [3.05, 3.63) is 47.5 Å². The van der Waals surface area contributed by atoms with Gasteiger partial charge in [0.25, 0.3) is 11.8 Å². The molecule has 0 radical (unpaired) electrons. The molecule has 130 valence electrons. The highest BCUT2D eigenvalue weighted by molar-refractivity contribution is 5.93. The highest BCUT2D eigenvalue weighted by atomic mass is 16.2. The van der Waals surface area contributed by atoms with Gasteiger partial charge in [0.05, 0.1) is 18.8 Å². The minimum absolute atomic E-state index is 0.0926. The molecule has 3 heterocycles. The largest absolute Gasteiger partial charge is 0.348 e. The van der Waals surface area contributed by atoms with Crippen LogP contribution in [0.1, 0.15) is 52.4 Å². The van der Waals surface area contributed by atoms with Gasteiger partial charge in [-0.1, -0.05) is 18.9 Å². The van der Waals surface area contributed by atoms with Crippen LogP contribution in [0.4, 0.5) is 0 Å². The Morgan fingerprint density at radius 2 is 1.96 bits per heavy atom.